The molecule has 0 heterocycles. The number of nitro benzene ring substituents is 1. The Hall–Kier alpha value is -1.82. The van der Waals surface area contributed by atoms with Gasteiger partial charge < -0.3 is 10.1 Å². The van der Waals surface area contributed by atoms with Crippen LogP contribution in [0.25, 0.3) is 0 Å². The molecule has 0 radical (unpaired) electrons. The number of alkyl halides is 1. The number of carbonyl (C=O) groups excluding carboxylic acids is 1. The second kappa shape index (κ2) is 7.58. The molecule has 0 saturated heterocycles. The molecule has 0 aliphatic rings. The first-order chi connectivity index (χ1) is 9.08. The maximum atomic E-state index is 11.7. The van der Waals surface area contributed by atoms with Crippen LogP contribution in [-0.4, -0.2) is 23.8 Å². The monoisotopic (exact) mass is 286 g/mol. The van der Waals surface area contributed by atoms with Gasteiger partial charge in [-0.1, -0.05) is 0 Å². The first-order valence-electron chi connectivity index (χ1n) is 5.76. The van der Waals surface area contributed by atoms with Crippen LogP contribution in [0.5, 0.6) is 5.75 Å². The number of hydrogen-bond acceptors (Lipinski definition) is 4. The average molecular weight is 287 g/mol. The SMILES string of the molecule is COc1ccc([N+](=O)[O-])cc1NC(=O)CCCCCl. The quantitative estimate of drug-likeness (QED) is 0.361. The summed E-state index contributed by atoms with van der Waals surface area (Å²) in [6.45, 7) is 0. The van der Waals surface area contributed by atoms with E-state index in [4.69, 9.17) is 16.3 Å². The maximum Gasteiger partial charge on any atom is 0.271 e. The van der Waals surface area contributed by atoms with Gasteiger partial charge in [0.05, 0.1) is 17.7 Å². The number of amides is 1. The Bertz CT molecular complexity index is 465. The lowest BCUT2D eigenvalue weighted by Crippen LogP contribution is -2.12. The van der Waals surface area contributed by atoms with Crippen molar-refractivity contribution in [3.8, 4) is 5.75 Å². The van der Waals surface area contributed by atoms with Gasteiger partial charge in [0.15, 0.2) is 0 Å². The second-order valence-electron chi connectivity index (χ2n) is 3.84. The van der Waals surface area contributed by atoms with Gasteiger partial charge in [-0.2, -0.15) is 0 Å². The van der Waals surface area contributed by atoms with Gasteiger partial charge in [-0.25, -0.2) is 0 Å². The second-order valence-corrected chi connectivity index (χ2v) is 4.21. The number of ether oxygens (including phenoxy) is 1. The lowest BCUT2D eigenvalue weighted by molar-refractivity contribution is -0.384. The predicted molar refractivity (Wildman–Crippen MR) is 72.8 cm³/mol. The zero-order chi connectivity index (χ0) is 14.3. The minimum atomic E-state index is -0.525. The van der Waals surface area contributed by atoms with Crippen LogP contribution < -0.4 is 10.1 Å². The molecule has 104 valence electrons. The van der Waals surface area contributed by atoms with E-state index in [0.717, 1.165) is 6.42 Å². The largest absolute Gasteiger partial charge is 0.495 e. The van der Waals surface area contributed by atoms with Gasteiger partial charge in [0.25, 0.3) is 5.69 Å². The molecule has 0 bridgehead atoms. The molecule has 0 spiro atoms. The number of non-ortho nitro benzene ring substituents is 1. The van der Waals surface area contributed by atoms with Crippen molar-refractivity contribution < 1.29 is 14.5 Å². The molecule has 7 heteroatoms. The molecule has 0 atom stereocenters. The summed E-state index contributed by atoms with van der Waals surface area (Å²) in [6.07, 6.45) is 1.74. The number of anilines is 1. The van der Waals surface area contributed by atoms with E-state index in [-0.39, 0.29) is 11.6 Å². The predicted octanol–water partition coefficient (Wildman–Crippen LogP) is 2.95. The van der Waals surface area contributed by atoms with Crippen molar-refractivity contribution in [3.05, 3.63) is 28.3 Å². The van der Waals surface area contributed by atoms with E-state index in [0.29, 0.717) is 30.2 Å². The molecule has 1 aromatic carbocycles. The van der Waals surface area contributed by atoms with E-state index in [1.165, 1.54) is 25.3 Å². The standard InChI is InChI=1S/C12H15ClN2O4/c1-19-11-6-5-9(15(17)18)8-10(11)14-12(16)4-2-3-7-13/h5-6,8H,2-4,7H2,1H3,(H,14,16). The molecule has 1 aromatic rings. The highest BCUT2D eigenvalue weighted by Gasteiger charge is 2.13. The van der Waals surface area contributed by atoms with Gasteiger partial charge in [0, 0.05) is 24.4 Å². The summed E-state index contributed by atoms with van der Waals surface area (Å²) in [5.41, 5.74) is 0.199. The third-order valence-electron chi connectivity index (χ3n) is 2.46. The third-order valence-corrected chi connectivity index (χ3v) is 2.72. The summed E-state index contributed by atoms with van der Waals surface area (Å²) in [6, 6.07) is 4.05. The van der Waals surface area contributed by atoms with Crippen molar-refractivity contribution in [1.82, 2.24) is 0 Å². The third kappa shape index (κ3) is 4.75. The van der Waals surface area contributed by atoms with Crippen molar-refractivity contribution >= 4 is 28.9 Å². The Morgan fingerprint density at radius 2 is 2.21 bits per heavy atom. The maximum absolute atomic E-state index is 11.7. The van der Waals surface area contributed by atoms with Crippen molar-refractivity contribution in [3.63, 3.8) is 0 Å². The number of nitrogens with one attached hydrogen (secondary N) is 1. The zero-order valence-corrected chi connectivity index (χ0v) is 11.3. The summed E-state index contributed by atoms with van der Waals surface area (Å²) in [4.78, 5) is 21.8. The van der Waals surface area contributed by atoms with E-state index in [2.05, 4.69) is 5.32 Å². The summed E-state index contributed by atoms with van der Waals surface area (Å²) in [7, 11) is 1.43. The van der Waals surface area contributed by atoms with Crippen LogP contribution in [0.4, 0.5) is 11.4 Å². The number of unbranched alkanes of at least 4 members (excludes halogenated alkanes) is 1. The summed E-state index contributed by atoms with van der Waals surface area (Å²) < 4.78 is 5.05. The zero-order valence-electron chi connectivity index (χ0n) is 10.5. The van der Waals surface area contributed by atoms with E-state index in [1.54, 1.807) is 0 Å². The molecular weight excluding hydrogens is 272 g/mol. The van der Waals surface area contributed by atoms with Gasteiger partial charge in [-0.3, -0.25) is 14.9 Å². The normalized spacial score (nSPS) is 10.0. The van der Waals surface area contributed by atoms with Gasteiger partial charge in [0.2, 0.25) is 5.91 Å². The lowest BCUT2D eigenvalue weighted by Gasteiger charge is -2.09. The van der Waals surface area contributed by atoms with E-state index in [1.807, 2.05) is 0 Å². The molecule has 1 N–H and O–H groups in total. The van der Waals surface area contributed by atoms with Gasteiger partial charge >= 0.3 is 0 Å². The van der Waals surface area contributed by atoms with Crippen LogP contribution in [0.15, 0.2) is 18.2 Å². The number of methoxy groups -OCH3 is 1. The number of rotatable bonds is 7. The number of nitro groups is 1. The highest BCUT2D eigenvalue weighted by molar-refractivity contribution is 6.17. The van der Waals surface area contributed by atoms with Crippen molar-refractivity contribution in [2.24, 2.45) is 0 Å². The lowest BCUT2D eigenvalue weighted by atomic mass is 10.2. The molecule has 6 nitrogen and oxygen atoms in total. The molecule has 0 aliphatic carbocycles. The minimum absolute atomic E-state index is 0.100. The number of halogens is 1. The number of hydrogen-bond donors (Lipinski definition) is 1. The Labute approximate surface area is 115 Å². The molecule has 1 rings (SSSR count). The highest BCUT2D eigenvalue weighted by Crippen LogP contribution is 2.28. The van der Waals surface area contributed by atoms with Gasteiger partial charge in [0.1, 0.15) is 5.75 Å². The fourth-order valence-electron chi connectivity index (χ4n) is 1.50. The van der Waals surface area contributed by atoms with Crippen molar-refractivity contribution in [2.45, 2.75) is 19.3 Å². The molecule has 0 aromatic heterocycles. The van der Waals surface area contributed by atoms with Gasteiger partial charge in [-0.15, -0.1) is 11.6 Å². The Balaban J connectivity index is 2.77. The summed E-state index contributed by atoms with van der Waals surface area (Å²) in [5, 5.41) is 13.3. The smallest absolute Gasteiger partial charge is 0.271 e. The molecule has 19 heavy (non-hydrogen) atoms. The number of benzene rings is 1. The molecule has 1 amide bonds. The van der Waals surface area contributed by atoms with Crippen LogP contribution >= 0.6 is 11.6 Å². The number of nitrogens with zero attached hydrogens (tertiary/aromatic N) is 1. The molecule has 0 fully saturated rings. The van der Waals surface area contributed by atoms with Crippen LogP contribution in [-0.2, 0) is 4.79 Å². The fourth-order valence-corrected chi connectivity index (χ4v) is 1.69. The minimum Gasteiger partial charge on any atom is -0.495 e. The summed E-state index contributed by atoms with van der Waals surface area (Å²) in [5.74, 6) is 0.674. The van der Waals surface area contributed by atoms with Crippen LogP contribution in [0.1, 0.15) is 19.3 Å². The molecule has 0 aliphatic heterocycles. The average Bonchev–Trinajstić information content (AvgIpc) is 2.38. The van der Waals surface area contributed by atoms with E-state index in [9.17, 15) is 14.9 Å². The Kier molecular flexibility index (Phi) is 6.08. The van der Waals surface area contributed by atoms with Crippen molar-refractivity contribution in [2.75, 3.05) is 18.3 Å². The van der Waals surface area contributed by atoms with Gasteiger partial charge in [-0.05, 0) is 18.9 Å². The molecular formula is C12H15ClN2O4. The van der Waals surface area contributed by atoms with Crippen molar-refractivity contribution in [1.29, 1.82) is 0 Å². The highest BCUT2D eigenvalue weighted by atomic mass is 35.5. The molecule has 0 saturated carbocycles. The topological polar surface area (TPSA) is 81.5 Å². The first-order valence-corrected chi connectivity index (χ1v) is 6.30. The Morgan fingerprint density at radius 3 is 2.79 bits per heavy atom. The Morgan fingerprint density at radius 1 is 1.47 bits per heavy atom. The van der Waals surface area contributed by atoms with Crippen LogP contribution in [0, 0.1) is 10.1 Å². The summed E-state index contributed by atoms with van der Waals surface area (Å²) >= 11 is 5.52. The van der Waals surface area contributed by atoms with E-state index >= 15 is 0 Å². The van der Waals surface area contributed by atoms with E-state index < -0.39 is 4.92 Å². The van der Waals surface area contributed by atoms with Crippen LogP contribution in [0.3, 0.4) is 0 Å². The molecule has 0 unspecified atom stereocenters. The van der Waals surface area contributed by atoms with Crippen LogP contribution in [0.2, 0.25) is 0 Å². The first kappa shape index (κ1) is 15.2. The number of carbonyl (C=O) groups is 1. The fraction of sp³-hybridized carbons (Fsp3) is 0.417.